The summed E-state index contributed by atoms with van der Waals surface area (Å²) in [5.41, 5.74) is 5.43. The average Bonchev–Trinajstić information content (AvgIpc) is 3.79. The number of aromatic amines is 1. The summed E-state index contributed by atoms with van der Waals surface area (Å²) in [7, 11) is 3.51. The number of aliphatic hydroxyl groups is 1. The first-order chi connectivity index (χ1) is 26.4. The van der Waals surface area contributed by atoms with E-state index in [1.807, 2.05) is 31.9 Å². The molecule has 5 N–H and O–H groups in total. The lowest BCUT2D eigenvalue weighted by Crippen LogP contribution is -2.70. The molecule has 0 radical (unpaired) electrons. The number of nitrogens with one attached hydrogen (secondary N) is 2. The number of methoxy groups -OCH3 is 1. The van der Waals surface area contributed by atoms with Crippen LogP contribution in [0.25, 0.3) is 10.9 Å². The predicted molar refractivity (Wildman–Crippen MR) is 200 cm³/mol. The number of thioether (sulfide) groups is 1. The van der Waals surface area contributed by atoms with Crippen LogP contribution in [-0.2, 0) is 32.7 Å². The number of H-pyrrole nitrogens is 1. The number of aromatic hydroxyl groups is 2. The molecule has 1 spiro atoms. The Labute approximate surface area is 320 Å². The first-order valence-corrected chi connectivity index (χ1v) is 19.6. The summed E-state index contributed by atoms with van der Waals surface area (Å²) in [4.78, 5) is 35.4. The van der Waals surface area contributed by atoms with Crippen LogP contribution in [-0.4, -0.2) is 100 Å². The van der Waals surface area contributed by atoms with Crippen molar-refractivity contribution in [3.63, 3.8) is 0 Å². The van der Waals surface area contributed by atoms with Crippen LogP contribution < -0.4 is 24.3 Å². The number of likely N-dealkylation sites (N-methyl/N-ethyl adjacent to an activating group) is 1. The van der Waals surface area contributed by atoms with Gasteiger partial charge >= 0.3 is 11.9 Å². The number of esters is 2. The number of phenolic OH excluding ortho intramolecular Hbond substituents is 2. The second-order valence-corrected chi connectivity index (χ2v) is 16.6. The molecular formula is C40H42N4O10S. The SMILES string of the molecule is COc1c(C)cc2c(c1O)[C@H]1C3[C@@H]4SC[C@]5(NCCc6c5[nH]c5ccc(O)cc65)C(=O)OC[C@@H](c5c6c(c(C)c(OC(C)=O)c54)OCO6)N3[C@@H](O)[C@@H](C2)N1C. The topological polar surface area (TPSA) is 175 Å². The van der Waals surface area contributed by atoms with Crippen LogP contribution in [0.4, 0.5) is 0 Å². The summed E-state index contributed by atoms with van der Waals surface area (Å²) in [6, 6.07) is 4.99. The minimum atomic E-state index is -1.32. The van der Waals surface area contributed by atoms with E-state index in [9.17, 15) is 24.9 Å². The van der Waals surface area contributed by atoms with Crippen molar-refractivity contribution in [1.82, 2.24) is 20.1 Å². The van der Waals surface area contributed by atoms with Crippen molar-refractivity contribution in [3.05, 3.63) is 68.9 Å². The molecule has 15 heteroatoms. The zero-order chi connectivity index (χ0) is 38.2. The van der Waals surface area contributed by atoms with Gasteiger partial charge in [0.2, 0.25) is 6.79 Å². The molecule has 2 fully saturated rings. The van der Waals surface area contributed by atoms with Crippen molar-refractivity contribution >= 4 is 34.6 Å². The molecule has 11 rings (SSSR count). The second kappa shape index (κ2) is 12.2. The maximum absolute atomic E-state index is 14.8. The van der Waals surface area contributed by atoms with Crippen LogP contribution >= 0.6 is 11.8 Å². The number of hydrogen-bond donors (Lipinski definition) is 5. The van der Waals surface area contributed by atoms with Crippen molar-refractivity contribution in [2.24, 2.45) is 0 Å². The van der Waals surface area contributed by atoms with Gasteiger partial charge in [-0.3, -0.25) is 19.9 Å². The van der Waals surface area contributed by atoms with Crippen LogP contribution in [0.1, 0.15) is 68.9 Å². The fraction of sp³-hybridized carbons (Fsp3) is 0.450. The number of carbonyl (C=O) groups excluding carboxylic acids is 2. The van der Waals surface area contributed by atoms with Gasteiger partial charge in [-0.15, -0.1) is 11.8 Å². The monoisotopic (exact) mass is 770 g/mol. The van der Waals surface area contributed by atoms with E-state index in [0.717, 1.165) is 27.6 Å². The van der Waals surface area contributed by atoms with Gasteiger partial charge in [-0.2, -0.15) is 0 Å². The van der Waals surface area contributed by atoms with Crippen molar-refractivity contribution in [2.75, 3.05) is 39.9 Å². The molecule has 4 bridgehead atoms. The molecule has 4 aromatic rings. The minimum Gasteiger partial charge on any atom is -0.508 e. The summed E-state index contributed by atoms with van der Waals surface area (Å²) < 4.78 is 30.5. The van der Waals surface area contributed by atoms with Gasteiger partial charge in [0.25, 0.3) is 0 Å². The summed E-state index contributed by atoms with van der Waals surface area (Å²) in [5.74, 6) is 1.00. The summed E-state index contributed by atoms with van der Waals surface area (Å²) in [6.45, 7) is 5.35. The number of ether oxygens (including phenoxy) is 5. The van der Waals surface area contributed by atoms with Crippen molar-refractivity contribution in [3.8, 4) is 34.5 Å². The van der Waals surface area contributed by atoms with Gasteiger partial charge in [0.1, 0.15) is 24.3 Å². The maximum atomic E-state index is 14.8. The van der Waals surface area contributed by atoms with E-state index in [1.54, 1.807) is 25.3 Å². The predicted octanol–water partition coefficient (Wildman–Crippen LogP) is 3.89. The number of phenols is 2. The summed E-state index contributed by atoms with van der Waals surface area (Å²) in [6.07, 6.45) is 0.0497. The lowest BCUT2D eigenvalue weighted by atomic mass is 9.73. The van der Waals surface area contributed by atoms with Gasteiger partial charge in [-0.05, 0) is 68.6 Å². The highest BCUT2D eigenvalue weighted by Crippen LogP contribution is 2.64. The molecule has 7 atom stereocenters. The van der Waals surface area contributed by atoms with Gasteiger partial charge in [-0.1, -0.05) is 6.07 Å². The Morgan fingerprint density at radius 3 is 2.65 bits per heavy atom. The fourth-order valence-electron chi connectivity index (χ4n) is 10.4. The largest absolute Gasteiger partial charge is 0.508 e. The molecule has 14 nitrogen and oxygen atoms in total. The lowest BCUT2D eigenvalue weighted by molar-refractivity contribution is -0.186. The van der Waals surface area contributed by atoms with Gasteiger partial charge < -0.3 is 44.0 Å². The van der Waals surface area contributed by atoms with E-state index < -0.39 is 47.1 Å². The van der Waals surface area contributed by atoms with Crippen LogP contribution in [0.15, 0.2) is 24.3 Å². The van der Waals surface area contributed by atoms with Crippen LogP contribution in [0.3, 0.4) is 0 Å². The van der Waals surface area contributed by atoms with E-state index in [2.05, 4.69) is 15.2 Å². The average molecular weight is 771 g/mol. The van der Waals surface area contributed by atoms with Gasteiger partial charge in [-0.25, -0.2) is 4.79 Å². The number of piperazine rings is 1. The third-order valence-corrected chi connectivity index (χ3v) is 14.2. The Balaban J connectivity index is 1.24. The molecule has 2 saturated heterocycles. The van der Waals surface area contributed by atoms with Crippen molar-refractivity contribution in [2.45, 2.75) is 74.8 Å². The fourth-order valence-corrected chi connectivity index (χ4v) is 12.1. The molecule has 8 heterocycles. The number of rotatable bonds is 2. The van der Waals surface area contributed by atoms with Crippen LogP contribution in [0, 0.1) is 13.8 Å². The second-order valence-electron chi connectivity index (χ2n) is 15.5. The highest BCUT2D eigenvalue weighted by atomic mass is 32.2. The van der Waals surface area contributed by atoms with E-state index in [0.29, 0.717) is 70.3 Å². The Hall–Kier alpha value is -4.67. The van der Waals surface area contributed by atoms with E-state index in [4.69, 9.17) is 23.7 Å². The zero-order valence-electron chi connectivity index (χ0n) is 31.0. The molecule has 3 aromatic carbocycles. The first kappa shape index (κ1) is 34.8. The van der Waals surface area contributed by atoms with Crippen LogP contribution in [0.5, 0.6) is 34.5 Å². The number of fused-ring (bicyclic) bond motifs is 11. The minimum absolute atomic E-state index is 0.0484. The Bertz CT molecular complexity index is 2350. The number of carbonyl (C=O) groups is 2. The number of aromatic nitrogens is 1. The highest BCUT2D eigenvalue weighted by molar-refractivity contribution is 7.99. The normalized spacial score (nSPS) is 29.3. The molecule has 1 unspecified atom stereocenters. The maximum Gasteiger partial charge on any atom is 0.333 e. The zero-order valence-corrected chi connectivity index (χ0v) is 31.8. The molecule has 0 aliphatic carbocycles. The molecule has 0 amide bonds. The third-order valence-electron chi connectivity index (χ3n) is 12.7. The van der Waals surface area contributed by atoms with Crippen molar-refractivity contribution < 1.29 is 48.6 Å². The van der Waals surface area contributed by atoms with Crippen molar-refractivity contribution in [1.29, 1.82) is 0 Å². The quantitative estimate of drug-likeness (QED) is 0.147. The molecular weight excluding hydrogens is 729 g/mol. The number of nitrogens with zero attached hydrogens (tertiary/aromatic N) is 2. The Morgan fingerprint density at radius 1 is 1.07 bits per heavy atom. The molecule has 55 heavy (non-hydrogen) atoms. The molecule has 1 aromatic heterocycles. The van der Waals surface area contributed by atoms with Gasteiger partial charge in [0, 0.05) is 58.4 Å². The van der Waals surface area contributed by atoms with E-state index >= 15 is 0 Å². The van der Waals surface area contributed by atoms with Gasteiger partial charge in [0.15, 0.2) is 28.5 Å². The molecule has 288 valence electrons. The summed E-state index contributed by atoms with van der Waals surface area (Å²) in [5, 5.41) is 38.8. The number of benzene rings is 3. The van der Waals surface area contributed by atoms with Crippen LogP contribution in [0.2, 0.25) is 0 Å². The Kier molecular flexibility index (Phi) is 7.69. The molecule has 7 aliphatic heterocycles. The standard InChI is InChI=1S/C40H42N4O10S/c1-16-10-19-11-24-38(48)44-25-13-51-39(49)40(37-21(8-9-41-40)22-12-20(46)6-7-23(22)42-37)14-55-36(30(44)29(43(24)4)26(19)31(47)32(16)50-5)28-27(25)35-34(52-15-53-35)17(2)33(28)54-18(3)45/h6-7,10,12,24-25,29-30,36,38,41-42,46-48H,8-9,11,13-15H2,1-5H3/t24-,25+,29+,30?,36-,38+,40-/m1/s1. The lowest BCUT2D eigenvalue weighted by Gasteiger charge is -2.62. The number of hydrogen-bond acceptors (Lipinski definition) is 14. The van der Waals surface area contributed by atoms with E-state index in [-0.39, 0.29) is 36.7 Å². The highest BCUT2D eigenvalue weighted by Gasteiger charge is 2.61. The Morgan fingerprint density at radius 2 is 1.87 bits per heavy atom. The first-order valence-electron chi connectivity index (χ1n) is 18.5. The summed E-state index contributed by atoms with van der Waals surface area (Å²) >= 11 is 1.50. The van der Waals surface area contributed by atoms with Gasteiger partial charge in [0.05, 0.1) is 36.2 Å². The smallest absolute Gasteiger partial charge is 0.333 e. The number of aryl methyl sites for hydroxylation is 1. The number of aliphatic hydroxyl groups excluding tert-OH is 1. The molecule has 7 aliphatic rings. The third kappa shape index (κ3) is 4.64. The van der Waals surface area contributed by atoms with E-state index in [1.165, 1.54) is 18.7 Å². The molecule has 0 saturated carbocycles.